The molecule has 0 saturated heterocycles. The van der Waals surface area contributed by atoms with E-state index in [1.807, 2.05) is 59.9 Å². The summed E-state index contributed by atoms with van der Waals surface area (Å²) >= 11 is 0. The summed E-state index contributed by atoms with van der Waals surface area (Å²) in [5.41, 5.74) is 4.14. The van der Waals surface area contributed by atoms with Crippen molar-refractivity contribution in [3.63, 3.8) is 0 Å². The highest BCUT2D eigenvalue weighted by molar-refractivity contribution is 6.10. The first-order valence-corrected chi connectivity index (χ1v) is 10.2. The molecule has 5 aromatic rings. The molecule has 150 valence electrons. The number of hydrogen-bond acceptors (Lipinski definition) is 4. The number of para-hydroxylation sites is 3. The Bertz CT molecular complexity index is 1440. The van der Waals surface area contributed by atoms with Crippen LogP contribution in [0.1, 0.15) is 0 Å². The van der Waals surface area contributed by atoms with Crippen LogP contribution in [0.5, 0.6) is 5.75 Å². The van der Waals surface area contributed by atoms with E-state index in [0.29, 0.717) is 6.67 Å². The molecule has 6 rings (SSSR count). The van der Waals surface area contributed by atoms with Crippen LogP contribution in [0.3, 0.4) is 0 Å². The summed E-state index contributed by atoms with van der Waals surface area (Å²) in [7, 11) is 0. The van der Waals surface area contributed by atoms with Crippen molar-refractivity contribution in [1.82, 2.24) is 9.55 Å². The predicted octanol–water partition coefficient (Wildman–Crippen LogP) is 5.64. The number of phenols is 1. The zero-order chi connectivity index (χ0) is 20.8. The van der Waals surface area contributed by atoms with Gasteiger partial charge < -0.3 is 14.9 Å². The summed E-state index contributed by atoms with van der Waals surface area (Å²) < 4.78 is 2.22. The minimum atomic E-state index is 0.278. The van der Waals surface area contributed by atoms with Gasteiger partial charge in [-0.25, -0.2) is 4.98 Å². The third-order valence-corrected chi connectivity index (χ3v) is 5.79. The third-order valence-electron chi connectivity index (χ3n) is 5.79. The lowest BCUT2D eigenvalue weighted by atomic mass is 10.1. The van der Waals surface area contributed by atoms with E-state index in [1.165, 1.54) is 10.8 Å². The van der Waals surface area contributed by atoms with E-state index in [2.05, 4.69) is 56.9 Å². The molecule has 2 aromatic heterocycles. The van der Waals surface area contributed by atoms with E-state index in [1.54, 1.807) is 6.07 Å². The van der Waals surface area contributed by atoms with Crippen molar-refractivity contribution in [2.24, 2.45) is 0 Å². The first-order chi connectivity index (χ1) is 15.3. The highest BCUT2D eigenvalue weighted by atomic mass is 16.3. The highest BCUT2D eigenvalue weighted by Crippen LogP contribution is 2.35. The number of anilines is 2. The van der Waals surface area contributed by atoms with E-state index in [9.17, 15) is 5.11 Å². The van der Waals surface area contributed by atoms with Crippen LogP contribution in [-0.2, 0) is 0 Å². The quantitative estimate of drug-likeness (QED) is 0.423. The molecule has 0 saturated carbocycles. The molecule has 1 aliphatic heterocycles. The summed E-state index contributed by atoms with van der Waals surface area (Å²) in [4.78, 5) is 8.82. The van der Waals surface area contributed by atoms with Gasteiger partial charge in [-0.3, -0.25) is 4.57 Å². The molecule has 1 aliphatic rings. The lowest BCUT2D eigenvalue weighted by Crippen LogP contribution is -2.24. The fourth-order valence-corrected chi connectivity index (χ4v) is 4.32. The van der Waals surface area contributed by atoms with Crippen LogP contribution in [0.4, 0.5) is 11.4 Å². The fourth-order valence-electron chi connectivity index (χ4n) is 4.32. The average Bonchev–Trinajstić information content (AvgIpc) is 3.43. The van der Waals surface area contributed by atoms with Gasteiger partial charge in [0.25, 0.3) is 0 Å². The molecular formula is C26H20N4O. The van der Waals surface area contributed by atoms with Gasteiger partial charge in [-0.1, -0.05) is 42.5 Å². The average molecular weight is 404 g/mol. The number of benzene rings is 3. The summed E-state index contributed by atoms with van der Waals surface area (Å²) in [6.07, 6.45) is 5.86. The molecule has 0 fully saturated rings. The van der Waals surface area contributed by atoms with E-state index >= 15 is 0 Å². The molecule has 3 heterocycles. The second kappa shape index (κ2) is 6.92. The van der Waals surface area contributed by atoms with E-state index < -0.39 is 0 Å². The fraction of sp³-hybridized carbons (Fsp3) is 0.0385. The molecule has 0 radical (unpaired) electrons. The number of aromatic hydroxyl groups is 1. The molecule has 0 spiro atoms. The Balaban J connectivity index is 1.46. The molecule has 31 heavy (non-hydrogen) atoms. The highest BCUT2D eigenvalue weighted by Gasteiger charge is 2.19. The van der Waals surface area contributed by atoms with Crippen molar-refractivity contribution >= 4 is 33.2 Å². The van der Waals surface area contributed by atoms with Crippen LogP contribution < -0.4 is 9.80 Å². The first-order valence-electron chi connectivity index (χ1n) is 10.2. The first kappa shape index (κ1) is 17.6. The molecule has 0 bridgehead atoms. The summed E-state index contributed by atoms with van der Waals surface area (Å²) in [5, 5.41) is 12.6. The van der Waals surface area contributed by atoms with Crippen LogP contribution in [0.2, 0.25) is 0 Å². The maximum absolute atomic E-state index is 10.2. The lowest BCUT2D eigenvalue weighted by molar-refractivity contribution is 0.475. The van der Waals surface area contributed by atoms with Gasteiger partial charge in [0.05, 0.1) is 23.4 Å². The van der Waals surface area contributed by atoms with Crippen molar-refractivity contribution in [2.75, 3.05) is 16.5 Å². The van der Waals surface area contributed by atoms with Crippen molar-refractivity contribution in [3.05, 3.63) is 104 Å². The van der Waals surface area contributed by atoms with Crippen LogP contribution in [0.25, 0.3) is 27.6 Å². The monoisotopic (exact) mass is 404 g/mol. The van der Waals surface area contributed by atoms with E-state index in [4.69, 9.17) is 0 Å². The number of fused-ring (bicyclic) bond motifs is 3. The zero-order valence-corrected chi connectivity index (χ0v) is 16.8. The standard InChI is InChI=1S/C26H20N4O/c31-25-10-4-3-9-23(25)29-16-15-28(18-29)19-12-13-21-20-7-1-2-8-22(20)30(24(21)17-19)26-11-5-6-14-27-26/h1-17,31H,18H2. The maximum Gasteiger partial charge on any atom is 0.139 e. The molecule has 0 aliphatic carbocycles. The Kier molecular flexibility index (Phi) is 3.93. The van der Waals surface area contributed by atoms with E-state index in [0.717, 1.165) is 28.2 Å². The number of rotatable bonds is 3. The molecule has 0 unspecified atom stereocenters. The molecule has 0 amide bonds. The van der Waals surface area contributed by atoms with Gasteiger partial charge in [0.1, 0.15) is 11.6 Å². The Morgan fingerprint density at radius 1 is 0.710 bits per heavy atom. The molecular weight excluding hydrogens is 384 g/mol. The van der Waals surface area contributed by atoms with Gasteiger partial charge >= 0.3 is 0 Å². The number of aromatic nitrogens is 2. The van der Waals surface area contributed by atoms with E-state index in [-0.39, 0.29) is 5.75 Å². The molecule has 5 nitrogen and oxygen atoms in total. The second-order valence-electron chi connectivity index (χ2n) is 7.61. The molecule has 1 N–H and O–H groups in total. The Hall–Kier alpha value is -4.25. The minimum absolute atomic E-state index is 0.278. The number of phenolic OH excluding ortho intramolecular Hbond substituents is 1. The Morgan fingerprint density at radius 3 is 2.35 bits per heavy atom. The topological polar surface area (TPSA) is 44.5 Å². The number of nitrogens with zero attached hydrogens (tertiary/aromatic N) is 4. The number of pyridine rings is 1. The zero-order valence-electron chi connectivity index (χ0n) is 16.8. The van der Waals surface area contributed by atoms with Gasteiger partial charge in [0.2, 0.25) is 0 Å². The van der Waals surface area contributed by atoms with Crippen LogP contribution in [0.15, 0.2) is 104 Å². The van der Waals surface area contributed by atoms with Crippen LogP contribution in [-0.4, -0.2) is 21.3 Å². The van der Waals surface area contributed by atoms with Gasteiger partial charge in [-0.05, 0) is 42.5 Å². The molecule has 3 aromatic carbocycles. The van der Waals surface area contributed by atoms with Gasteiger partial charge in [-0.15, -0.1) is 0 Å². The SMILES string of the molecule is Oc1ccccc1N1C=CN(c2ccc3c4ccccc4n(-c4ccccn4)c3c2)C1. The van der Waals surface area contributed by atoms with Crippen molar-refractivity contribution in [1.29, 1.82) is 0 Å². The summed E-state index contributed by atoms with van der Waals surface area (Å²) in [6.45, 7) is 0.632. The summed E-state index contributed by atoms with van der Waals surface area (Å²) in [5.74, 6) is 1.18. The largest absolute Gasteiger partial charge is 0.506 e. The van der Waals surface area contributed by atoms with Crippen molar-refractivity contribution < 1.29 is 5.11 Å². The van der Waals surface area contributed by atoms with Crippen LogP contribution >= 0.6 is 0 Å². The maximum atomic E-state index is 10.2. The third kappa shape index (κ3) is 2.82. The summed E-state index contributed by atoms with van der Waals surface area (Å²) in [6, 6.07) is 28.4. The van der Waals surface area contributed by atoms with Gasteiger partial charge in [-0.2, -0.15) is 0 Å². The molecule has 5 heteroatoms. The van der Waals surface area contributed by atoms with Crippen LogP contribution in [0, 0.1) is 0 Å². The Morgan fingerprint density at radius 2 is 1.48 bits per heavy atom. The van der Waals surface area contributed by atoms with Crippen molar-refractivity contribution in [2.45, 2.75) is 0 Å². The van der Waals surface area contributed by atoms with Gasteiger partial charge in [0.15, 0.2) is 0 Å². The number of hydrogen-bond donors (Lipinski definition) is 1. The second-order valence-corrected chi connectivity index (χ2v) is 7.61. The van der Waals surface area contributed by atoms with Crippen molar-refractivity contribution in [3.8, 4) is 11.6 Å². The van der Waals surface area contributed by atoms with Gasteiger partial charge in [0, 0.05) is 35.1 Å². The molecule has 0 atom stereocenters. The lowest BCUT2D eigenvalue weighted by Gasteiger charge is -2.22. The predicted molar refractivity (Wildman–Crippen MR) is 126 cm³/mol. The minimum Gasteiger partial charge on any atom is -0.506 e. The Labute approximate surface area is 179 Å². The normalized spacial score (nSPS) is 13.5. The smallest absolute Gasteiger partial charge is 0.139 e.